The minimum atomic E-state index is -0.543. The number of nitro groups is 1. The number of nitrogens with two attached hydrogens (primary N) is 1. The topological polar surface area (TPSA) is 115 Å². The molecule has 0 unspecified atom stereocenters. The zero-order chi connectivity index (χ0) is 15.6. The first-order chi connectivity index (χ1) is 9.88. The van der Waals surface area contributed by atoms with E-state index < -0.39 is 4.92 Å². The van der Waals surface area contributed by atoms with Gasteiger partial charge in [-0.05, 0) is 12.1 Å². The van der Waals surface area contributed by atoms with E-state index in [2.05, 4.69) is 20.9 Å². The Bertz CT molecular complexity index is 738. The molecule has 0 aliphatic rings. The number of nitrogens with zero attached hydrogens (tertiary/aromatic N) is 2. The number of hydrogen-bond acceptors (Lipinski definition) is 5. The van der Waals surface area contributed by atoms with E-state index in [-0.39, 0.29) is 33.7 Å². The fourth-order valence-corrected chi connectivity index (χ4v) is 2.24. The summed E-state index contributed by atoms with van der Waals surface area (Å²) in [6.07, 6.45) is 1.38. The summed E-state index contributed by atoms with van der Waals surface area (Å²) >= 11 is 9.20. The summed E-state index contributed by atoms with van der Waals surface area (Å²) in [5, 5.41) is 18.3. The maximum absolute atomic E-state index is 10.8. The van der Waals surface area contributed by atoms with Gasteiger partial charge >= 0.3 is 0 Å². The molecule has 0 aliphatic heterocycles. The maximum Gasteiger partial charge on any atom is 0.274 e. The summed E-state index contributed by atoms with van der Waals surface area (Å²) in [6.45, 7) is 0. The van der Waals surface area contributed by atoms with Crippen molar-refractivity contribution < 1.29 is 9.66 Å². The molecule has 1 heterocycles. The van der Waals surface area contributed by atoms with Crippen molar-refractivity contribution in [2.75, 3.05) is 0 Å². The summed E-state index contributed by atoms with van der Waals surface area (Å²) in [4.78, 5) is 14.2. The molecular formula is C12H8BrClN4O3. The van der Waals surface area contributed by atoms with Gasteiger partial charge in [0.15, 0.2) is 0 Å². The molecule has 2 rings (SSSR count). The first kappa shape index (κ1) is 15.2. The largest absolute Gasteiger partial charge is 0.437 e. The van der Waals surface area contributed by atoms with E-state index in [0.717, 1.165) is 0 Å². The van der Waals surface area contributed by atoms with Crippen LogP contribution in [-0.4, -0.2) is 15.7 Å². The summed E-state index contributed by atoms with van der Waals surface area (Å²) in [5.74, 6) is -0.0320. The number of ether oxygens (including phenoxy) is 1. The molecule has 0 aliphatic carbocycles. The molecule has 0 atom stereocenters. The van der Waals surface area contributed by atoms with Crippen LogP contribution < -0.4 is 10.5 Å². The molecule has 108 valence electrons. The van der Waals surface area contributed by atoms with Crippen molar-refractivity contribution in [2.24, 2.45) is 5.73 Å². The van der Waals surface area contributed by atoms with Crippen LogP contribution in [0, 0.1) is 15.5 Å². The molecule has 1 aromatic heterocycles. The van der Waals surface area contributed by atoms with Crippen LogP contribution in [0.15, 0.2) is 34.9 Å². The third-order valence-electron chi connectivity index (χ3n) is 2.43. The van der Waals surface area contributed by atoms with Gasteiger partial charge in [0.25, 0.3) is 5.69 Å². The molecule has 0 saturated carbocycles. The van der Waals surface area contributed by atoms with Gasteiger partial charge in [-0.15, -0.1) is 0 Å². The van der Waals surface area contributed by atoms with Gasteiger partial charge in [0.05, 0.1) is 11.0 Å². The van der Waals surface area contributed by atoms with Gasteiger partial charge in [-0.3, -0.25) is 15.5 Å². The average Bonchev–Trinajstić information content (AvgIpc) is 2.40. The van der Waals surface area contributed by atoms with Crippen molar-refractivity contribution in [2.45, 2.75) is 0 Å². The standard InChI is InChI=1S/C12H8BrClN4O3/c13-6-3-7(18(19)20)5-8(4-6)21-12-10(14)9(11(15)16)1-2-17-12/h1-5H,(H3,15,16). The number of nitrogens with one attached hydrogen (secondary N) is 1. The number of non-ortho nitro benzene ring substituents is 1. The molecule has 21 heavy (non-hydrogen) atoms. The predicted molar refractivity (Wildman–Crippen MR) is 81.1 cm³/mol. The summed E-state index contributed by atoms with van der Waals surface area (Å²) < 4.78 is 5.92. The zero-order valence-corrected chi connectivity index (χ0v) is 12.7. The van der Waals surface area contributed by atoms with Crippen LogP contribution in [0.5, 0.6) is 11.6 Å². The van der Waals surface area contributed by atoms with Gasteiger partial charge < -0.3 is 10.5 Å². The van der Waals surface area contributed by atoms with Crippen molar-refractivity contribution >= 4 is 39.1 Å². The van der Waals surface area contributed by atoms with Crippen LogP contribution in [0.1, 0.15) is 5.56 Å². The molecule has 0 saturated heterocycles. The summed E-state index contributed by atoms with van der Waals surface area (Å²) in [5.41, 5.74) is 5.51. The molecule has 0 amide bonds. The lowest BCUT2D eigenvalue weighted by atomic mass is 10.2. The molecular weight excluding hydrogens is 364 g/mol. The fraction of sp³-hybridized carbons (Fsp3) is 0. The van der Waals surface area contributed by atoms with E-state index >= 15 is 0 Å². The number of nitrogen functional groups attached to an aromatic ring is 1. The highest BCUT2D eigenvalue weighted by Crippen LogP contribution is 2.33. The monoisotopic (exact) mass is 370 g/mol. The van der Waals surface area contributed by atoms with Gasteiger partial charge in [0, 0.05) is 22.3 Å². The maximum atomic E-state index is 10.8. The molecule has 0 radical (unpaired) electrons. The molecule has 3 N–H and O–H groups in total. The highest BCUT2D eigenvalue weighted by molar-refractivity contribution is 9.10. The summed E-state index contributed by atoms with van der Waals surface area (Å²) in [6, 6.07) is 5.59. The fourth-order valence-electron chi connectivity index (χ4n) is 1.53. The highest BCUT2D eigenvalue weighted by Gasteiger charge is 2.14. The Kier molecular flexibility index (Phi) is 4.39. The first-order valence-electron chi connectivity index (χ1n) is 5.50. The van der Waals surface area contributed by atoms with Crippen LogP contribution >= 0.6 is 27.5 Å². The minimum absolute atomic E-state index is 0.0109. The number of halogens is 2. The quantitative estimate of drug-likeness (QED) is 0.369. The molecule has 0 spiro atoms. The van der Waals surface area contributed by atoms with Crippen molar-refractivity contribution in [3.8, 4) is 11.6 Å². The second kappa shape index (κ2) is 6.06. The second-order valence-corrected chi connectivity index (χ2v) is 5.19. The van der Waals surface area contributed by atoms with E-state index in [9.17, 15) is 10.1 Å². The third-order valence-corrected chi connectivity index (χ3v) is 3.25. The third kappa shape index (κ3) is 3.47. The molecule has 0 fully saturated rings. The van der Waals surface area contributed by atoms with Gasteiger partial charge in [-0.2, -0.15) is 0 Å². The smallest absolute Gasteiger partial charge is 0.274 e. The highest BCUT2D eigenvalue weighted by atomic mass is 79.9. The lowest BCUT2D eigenvalue weighted by Crippen LogP contribution is -2.12. The molecule has 0 bridgehead atoms. The normalized spacial score (nSPS) is 10.2. The van der Waals surface area contributed by atoms with E-state index in [4.69, 9.17) is 27.5 Å². The molecule has 7 nitrogen and oxygen atoms in total. The van der Waals surface area contributed by atoms with Gasteiger partial charge in [0.2, 0.25) is 5.88 Å². The average molecular weight is 372 g/mol. The lowest BCUT2D eigenvalue weighted by Gasteiger charge is -2.09. The number of nitro benzene ring substituents is 1. The van der Waals surface area contributed by atoms with Crippen LogP contribution in [-0.2, 0) is 0 Å². The van der Waals surface area contributed by atoms with Crippen LogP contribution in [0.4, 0.5) is 5.69 Å². The molecule has 1 aromatic carbocycles. The molecule has 2 aromatic rings. The first-order valence-corrected chi connectivity index (χ1v) is 6.67. The Balaban J connectivity index is 2.41. The van der Waals surface area contributed by atoms with Gasteiger partial charge in [-0.1, -0.05) is 27.5 Å². The number of pyridine rings is 1. The Morgan fingerprint density at radius 2 is 2.19 bits per heavy atom. The lowest BCUT2D eigenvalue weighted by molar-refractivity contribution is -0.385. The van der Waals surface area contributed by atoms with Crippen molar-refractivity contribution in [3.63, 3.8) is 0 Å². The van der Waals surface area contributed by atoms with Crippen molar-refractivity contribution in [3.05, 3.63) is 55.6 Å². The van der Waals surface area contributed by atoms with Gasteiger partial charge in [0.1, 0.15) is 16.6 Å². The van der Waals surface area contributed by atoms with E-state index in [1.54, 1.807) is 0 Å². The number of aromatic nitrogens is 1. The van der Waals surface area contributed by atoms with E-state index in [1.807, 2.05) is 0 Å². The van der Waals surface area contributed by atoms with Crippen molar-refractivity contribution in [1.82, 2.24) is 4.98 Å². The second-order valence-electron chi connectivity index (χ2n) is 3.90. The van der Waals surface area contributed by atoms with E-state index in [0.29, 0.717) is 4.47 Å². The zero-order valence-electron chi connectivity index (χ0n) is 10.3. The number of rotatable bonds is 4. The minimum Gasteiger partial charge on any atom is -0.437 e. The Labute approximate surface area is 132 Å². The summed E-state index contributed by atoms with van der Waals surface area (Å²) in [7, 11) is 0. The Morgan fingerprint density at radius 1 is 1.48 bits per heavy atom. The number of amidine groups is 1. The SMILES string of the molecule is N=C(N)c1ccnc(Oc2cc(Br)cc([N+](=O)[O-])c2)c1Cl. The molecule has 9 heteroatoms. The van der Waals surface area contributed by atoms with Gasteiger partial charge in [-0.25, -0.2) is 4.98 Å². The Hall–Kier alpha value is -2.19. The number of hydrogen-bond donors (Lipinski definition) is 2. The van der Waals surface area contributed by atoms with Crippen molar-refractivity contribution in [1.29, 1.82) is 5.41 Å². The van der Waals surface area contributed by atoms with E-state index in [1.165, 1.54) is 30.5 Å². The number of benzene rings is 1. The van der Waals surface area contributed by atoms with Crippen LogP contribution in [0.2, 0.25) is 5.02 Å². The Morgan fingerprint density at radius 3 is 2.81 bits per heavy atom. The predicted octanol–water partition coefficient (Wildman–Crippen LogP) is 3.48. The van der Waals surface area contributed by atoms with Crippen LogP contribution in [0.3, 0.4) is 0 Å². The van der Waals surface area contributed by atoms with Crippen LogP contribution in [0.25, 0.3) is 0 Å².